The molecule has 1 rings (SSSR count). The lowest BCUT2D eigenvalue weighted by Crippen LogP contribution is -1.95. The average Bonchev–Trinajstić information content (AvgIpc) is 2.13. The molecule has 0 bridgehead atoms. The number of hydrogen-bond acceptors (Lipinski definition) is 1. The molecule has 0 unspecified atom stereocenters. The van der Waals surface area contributed by atoms with Gasteiger partial charge in [0.1, 0.15) is 0 Å². The highest BCUT2D eigenvalue weighted by Crippen LogP contribution is 2.24. The van der Waals surface area contributed by atoms with Gasteiger partial charge in [0, 0.05) is 18.5 Å². The van der Waals surface area contributed by atoms with Crippen molar-refractivity contribution in [2.45, 2.75) is 6.42 Å². The Kier molecular flexibility index (Phi) is 4.11. The first-order chi connectivity index (χ1) is 6.25. The predicted octanol–water partition coefficient (Wildman–Crippen LogP) is 2.69. The van der Waals surface area contributed by atoms with E-state index < -0.39 is 0 Å². The summed E-state index contributed by atoms with van der Waals surface area (Å²) in [6.45, 7) is 0.561. The molecule has 1 nitrogen and oxygen atoms in total. The summed E-state index contributed by atoms with van der Waals surface area (Å²) in [5, 5.41) is 1.04. The van der Waals surface area contributed by atoms with Crippen LogP contribution in [0.5, 0.6) is 0 Å². The Morgan fingerprint density at radius 1 is 1.31 bits per heavy atom. The lowest BCUT2D eigenvalue weighted by molar-refractivity contribution is 1.03. The second kappa shape index (κ2) is 5.14. The minimum absolute atomic E-state index is 0.508. The number of benzene rings is 1. The van der Waals surface area contributed by atoms with Crippen molar-refractivity contribution in [3.05, 3.63) is 33.8 Å². The first-order valence-corrected chi connectivity index (χ1v) is 4.64. The van der Waals surface area contributed by atoms with E-state index in [9.17, 15) is 0 Å². The van der Waals surface area contributed by atoms with Crippen molar-refractivity contribution < 1.29 is 0 Å². The van der Waals surface area contributed by atoms with Crippen LogP contribution in [0.4, 0.5) is 0 Å². The maximum atomic E-state index is 5.91. The van der Waals surface area contributed by atoms with Crippen molar-refractivity contribution in [3.8, 4) is 11.8 Å². The molecule has 0 atom stereocenters. The zero-order valence-electron chi connectivity index (χ0n) is 6.98. The molecule has 68 valence electrons. The summed E-state index contributed by atoms with van der Waals surface area (Å²) in [6.07, 6.45) is 0.669. The summed E-state index contributed by atoms with van der Waals surface area (Å²) in [5.41, 5.74) is 6.05. The molecular formula is C10H9Cl2N. The number of hydrogen-bond donors (Lipinski definition) is 1. The minimum atomic E-state index is 0.508. The van der Waals surface area contributed by atoms with Crippen molar-refractivity contribution in [2.75, 3.05) is 6.54 Å². The fourth-order valence-corrected chi connectivity index (χ4v) is 1.18. The summed E-state index contributed by atoms with van der Waals surface area (Å²) in [7, 11) is 0. The first kappa shape index (κ1) is 10.4. The van der Waals surface area contributed by atoms with Crippen molar-refractivity contribution in [1.29, 1.82) is 0 Å². The summed E-state index contributed by atoms with van der Waals surface area (Å²) in [5.74, 6) is 5.81. The summed E-state index contributed by atoms with van der Waals surface area (Å²) in [6, 6.07) is 5.39. The van der Waals surface area contributed by atoms with Crippen molar-refractivity contribution in [1.82, 2.24) is 0 Å². The van der Waals surface area contributed by atoms with Gasteiger partial charge in [0.2, 0.25) is 0 Å². The number of halogens is 2. The van der Waals surface area contributed by atoms with Crippen molar-refractivity contribution >= 4 is 23.2 Å². The molecule has 0 aromatic heterocycles. The molecule has 0 spiro atoms. The smallest absolute Gasteiger partial charge is 0.0748 e. The molecule has 1 aromatic carbocycles. The largest absolute Gasteiger partial charge is 0.330 e. The normalized spacial score (nSPS) is 9.15. The van der Waals surface area contributed by atoms with E-state index in [4.69, 9.17) is 28.9 Å². The monoisotopic (exact) mass is 213 g/mol. The van der Waals surface area contributed by atoms with Crippen LogP contribution in [0.25, 0.3) is 0 Å². The van der Waals surface area contributed by atoms with E-state index in [1.54, 1.807) is 6.07 Å². The molecular weight excluding hydrogens is 205 g/mol. The van der Waals surface area contributed by atoms with Crippen LogP contribution >= 0.6 is 23.2 Å². The average molecular weight is 214 g/mol. The molecule has 0 fully saturated rings. The number of nitrogens with two attached hydrogens (primary N) is 1. The predicted molar refractivity (Wildman–Crippen MR) is 57.0 cm³/mol. The van der Waals surface area contributed by atoms with Crippen LogP contribution in [-0.2, 0) is 0 Å². The third-order valence-corrected chi connectivity index (χ3v) is 2.26. The Hall–Kier alpha value is -0.680. The Morgan fingerprint density at radius 2 is 2.08 bits per heavy atom. The van der Waals surface area contributed by atoms with E-state index in [1.165, 1.54) is 0 Å². The highest BCUT2D eigenvalue weighted by atomic mass is 35.5. The second-order valence-electron chi connectivity index (χ2n) is 2.44. The van der Waals surface area contributed by atoms with E-state index in [-0.39, 0.29) is 0 Å². The summed E-state index contributed by atoms with van der Waals surface area (Å²) >= 11 is 11.7. The fraction of sp³-hybridized carbons (Fsp3) is 0.200. The SMILES string of the molecule is NCCC#Cc1cccc(Cl)c1Cl. The van der Waals surface area contributed by atoms with Crippen LogP contribution in [0, 0.1) is 11.8 Å². The molecule has 0 saturated heterocycles. The van der Waals surface area contributed by atoms with Crippen molar-refractivity contribution in [2.24, 2.45) is 5.73 Å². The van der Waals surface area contributed by atoms with Gasteiger partial charge < -0.3 is 5.73 Å². The Labute approximate surface area is 87.8 Å². The molecule has 13 heavy (non-hydrogen) atoms. The molecule has 0 radical (unpaired) electrons. The molecule has 0 amide bonds. The fourth-order valence-electron chi connectivity index (χ4n) is 0.830. The van der Waals surface area contributed by atoms with Crippen LogP contribution in [0.1, 0.15) is 12.0 Å². The first-order valence-electron chi connectivity index (χ1n) is 3.88. The van der Waals surface area contributed by atoms with Crippen LogP contribution < -0.4 is 5.73 Å². The quantitative estimate of drug-likeness (QED) is 0.714. The molecule has 0 aliphatic carbocycles. The molecule has 0 aliphatic heterocycles. The van der Waals surface area contributed by atoms with Gasteiger partial charge in [-0.2, -0.15) is 0 Å². The molecule has 0 aliphatic rings. The zero-order chi connectivity index (χ0) is 9.68. The highest BCUT2D eigenvalue weighted by Gasteiger charge is 1.99. The summed E-state index contributed by atoms with van der Waals surface area (Å²) < 4.78 is 0. The van der Waals surface area contributed by atoms with E-state index >= 15 is 0 Å². The third kappa shape index (κ3) is 2.93. The van der Waals surface area contributed by atoms with Gasteiger partial charge in [0.25, 0.3) is 0 Å². The lowest BCUT2D eigenvalue weighted by atomic mass is 10.2. The Balaban J connectivity index is 2.91. The molecule has 0 heterocycles. The standard InChI is InChI=1S/C10H9Cl2N/c11-9-6-3-5-8(10(9)12)4-1-2-7-13/h3,5-6H,2,7,13H2. The van der Waals surface area contributed by atoms with Gasteiger partial charge in [-0.3, -0.25) is 0 Å². The van der Waals surface area contributed by atoms with Gasteiger partial charge in [-0.1, -0.05) is 41.1 Å². The van der Waals surface area contributed by atoms with Gasteiger partial charge in [0.15, 0.2) is 0 Å². The van der Waals surface area contributed by atoms with Crippen LogP contribution in [0.15, 0.2) is 18.2 Å². The van der Waals surface area contributed by atoms with E-state index in [1.807, 2.05) is 12.1 Å². The Morgan fingerprint density at radius 3 is 2.77 bits per heavy atom. The number of rotatable bonds is 1. The maximum absolute atomic E-state index is 5.91. The van der Waals surface area contributed by atoms with Gasteiger partial charge in [-0.05, 0) is 12.1 Å². The van der Waals surface area contributed by atoms with Gasteiger partial charge in [0.05, 0.1) is 10.0 Å². The maximum Gasteiger partial charge on any atom is 0.0748 e. The lowest BCUT2D eigenvalue weighted by Gasteiger charge is -1.96. The Bertz CT molecular complexity index is 350. The van der Waals surface area contributed by atoms with E-state index in [0.717, 1.165) is 5.56 Å². The van der Waals surface area contributed by atoms with Gasteiger partial charge in [-0.15, -0.1) is 0 Å². The van der Waals surface area contributed by atoms with E-state index in [2.05, 4.69) is 11.8 Å². The van der Waals surface area contributed by atoms with E-state index in [0.29, 0.717) is 23.0 Å². The van der Waals surface area contributed by atoms with Crippen LogP contribution in [-0.4, -0.2) is 6.54 Å². The minimum Gasteiger partial charge on any atom is -0.330 e. The summed E-state index contributed by atoms with van der Waals surface area (Å²) in [4.78, 5) is 0. The van der Waals surface area contributed by atoms with Gasteiger partial charge >= 0.3 is 0 Å². The molecule has 1 aromatic rings. The zero-order valence-corrected chi connectivity index (χ0v) is 8.49. The van der Waals surface area contributed by atoms with Gasteiger partial charge in [-0.25, -0.2) is 0 Å². The molecule has 2 N–H and O–H groups in total. The second-order valence-corrected chi connectivity index (χ2v) is 3.23. The van der Waals surface area contributed by atoms with Crippen LogP contribution in [0.2, 0.25) is 10.0 Å². The third-order valence-electron chi connectivity index (χ3n) is 1.44. The molecule has 3 heteroatoms. The van der Waals surface area contributed by atoms with Crippen LogP contribution in [0.3, 0.4) is 0 Å². The highest BCUT2D eigenvalue weighted by molar-refractivity contribution is 6.42. The van der Waals surface area contributed by atoms with Crippen molar-refractivity contribution in [3.63, 3.8) is 0 Å². The molecule has 0 saturated carbocycles. The topological polar surface area (TPSA) is 26.0 Å².